The largest absolute Gasteiger partial charge is 0.388 e. The Bertz CT molecular complexity index is 346. The van der Waals surface area contributed by atoms with E-state index >= 15 is 0 Å². The summed E-state index contributed by atoms with van der Waals surface area (Å²) in [7, 11) is 0. The van der Waals surface area contributed by atoms with Crippen LogP contribution in [0.4, 0.5) is 0 Å². The standard InChI is InChI=1S/C12H14O2/c1-9(2)12(11(14)8-13)10-6-4-3-5-7-10/h3-7,13H,8H2,1-2H3. The van der Waals surface area contributed by atoms with Gasteiger partial charge in [-0.15, -0.1) is 0 Å². The summed E-state index contributed by atoms with van der Waals surface area (Å²) in [4.78, 5) is 11.4. The monoisotopic (exact) mass is 190 g/mol. The maximum Gasteiger partial charge on any atom is 0.188 e. The summed E-state index contributed by atoms with van der Waals surface area (Å²) >= 11 is 0. The fourth-order valence-corrected chi connectivity index (χ4v) is 1.41. The molecule has 1 N–H and O–H groups in total. The first kappa shape index (κ1) is 10.7. The van der Waals surface area contributed by atoms with Crippen molar-refractivity contribution in [2.24, 2.45) is 0 Å². The number of benzene rings is 1. The van der Waals surface area contributed by atoms with Crippen LogP contribution in [0.25, 0.3) is 5.57 Å². The molecule has 0 atom stereocenters. The summed E-state index contributed by atoms with van der Waals surface area (Å²) in [6.07, 6.45) is 0. The summed E-state index contributed by atoms with van der Waals surface area (Å²) in [6.45, 7) is 3.31. The first-order valence-corrected chi connectivity index (χ1v) is 4.53. The molecule has 0 aromatic heterocycles. The molecule has 1 aromatic carbocycles. The summed E-state index contributed by atoms with van der Waals surface area (Å²) in [6, 6.07) is 9.40. The number of aliphatic hydroxyl groups is 1. The predicted octanol–water partition coefficient (Wildman–Crippen LogP) is 2.04. The van der Waals surface area contributed by atoms with Crippen molar-refractivity contribution in [2.45, 2.75) is 13.8 Å². The summed E-state index contributed by atoms with van der Waals surface area (Å²) < 4.78 is 0. The van der Waals surface area contributed by atoms with Crippen molar-refractivity contribution in [1.29, 1.82) is 0 Å². The zero-order valence-corrected chi connectivity index (χ0v) is 8.45. The number of hydrogen-bond acceptors (Lipinski definition) is 2. The van der Waals surface area contributed by atoms with Crippen molar-refractivity contribution in [1.82, 2.24) is 0 Å². The average molecular weight is 190 g/mol. The second kappa shape index (κ2) is 4.72. The molecule has 0 bridgehead atoms. The highest BCUT2D eigenvalue weighted by Crippen LogP contribution is 2.18. The molecule has 0 heterocycles. The number of allylic oxidation sites excluding steroid dienone is 1. The molecule has 2 nitrogen and oxygen atoms in total. The van der Waals surface area contributed by atoms with Crippen molar-refractivity contribution >= 4 is 11.4 Å². The van der Waals surface area contributed by atoms with Gasteiger partial charge in [0, 0.05) is 5.57 Å². The Labute approximate surface area is 83.9 Å². The lowest BCUT2D eigenvalue weighted by Gasteiger charge is -2.07. The summed E-state index contributed by atoms with van der Waals surface area (Å²) in [5, 5.41) is 8.83. The minimum Gasteiger partial charge on any atom is -0.388 e. The fourth-order valence-electron chi connectivity index (χ4n) is 1.41. The van der Waals surface area contributed by atoms with Gasteiger partial charge in [0.1, 0.15) is 6.61 Å². The maximum absolute atomic E-state index is 11.4. The molecule has 0 aliphatic heterocycles. The van der Waals surface area contributed by atoms with E-state index in [1.807, 2.05) is 44.2 Å². The number of carbonyl (C=O) groups excluding carboxylic acids is 1. The van der Waals surface area contributed by atoms with Gasteiger partial charge >= 0.3 is 0 Å². The Hall–Kier alpha value is -1.41. The Kier molecular flexibility index (Phi) is 3.60. The number of aliphatic hydroxyl groups excluding tert-OH is 1. The van der Waals surface area contributed by atoms with Crippen LogP contribution in [0.3, 0.4) is 0 Å². The van der Waals surface area contributed by atoms with Crippen molar-refractivity contribution in [2.75, 3.05) is 6.61 Å². The van der Waals surface area contributed by atoms with Crippen molar-refractivity contribution in [3.8, 4) is 0 Å². The first-order chi connectivity index (χ1) is 6.66. The molecule has 1 rings (SSSR count). The molecule has 0 amide bonds. The molecular weight excluding hydrogens is 176 g/mol. The average Bonchev–Trinajstić information content (AvgIpc) is 2.19. The molecule has 0 saturated carbocycles. The zero-order chi connectivity index (χ0) is 10.6. The smallest absolute Gasteiger partial charge is 0.188 e. The Morgan fingerprint density at radius 3 is 2.21 bits per heavy atom. The van der Waals surface area contributed by atoms with Crippen LogP contribution >= 0.6 is 0 Å². The summed E-state index contributed by atoms with van der Waals surface area (Å²) in [5.41, 5.74) is 2.41. The number of carbonyl (C=O) groups is 1. The normalized spacial score (nSPS) is 9.64. The molecular formula is C12H14O2. The highest BCUT2D eigenvalue weighted by molar-refractivity contribution is 6.22. The molecule has 0 aliphatic rings. The molecule has 0 spiro atoms. The maximum atomic E-state index is 11.4. The summed E-state index contributed by atoms with van der Waals surface area (Å²) in [5.74, 6) is -0.226. The molecule has 2 heteroatoms. The van der Waals surface area contributed by atoms with E-state index in [2.05, 4.69) is 0 Å². The highest BCUT2D eigenvalue weighted by Gasteiger charge is 2.11. The van der Waals surface area contributed by atoms with Crippen LogP contribution < -0.4 is 0 Å². The lowest BCUT2D eigenvalue weighted by Crippen LogP contribution is -2.07. The van der Waals surface area contributed by atoms with Gasteiger partial charge in [0.05, 0.1) is 0 Å². The van der Waals surface area contributed by atoms with Gasteiger partial charge in [-0.2, -0.15) is 0 Å². The fraction of sp³-hybridized carbons (Fsp3) is 0.250. The van der Waals surface area contributed by atoms with Crippen molar-refractivity contribution in [3.63, 3.8) is 0 Å². The topological polar surface area (TPSA) is 37.3 Å². The lowest BCUT2D eigenvalue weighted by molar-refractivity contribution is -0.116. The quantitative estimate of drug-likeness (QED) is 0.740. The van der Waals surface area contributed by atoms with E-state index in [1.165, 1.54) is 0 Å². The van der Waals surface area contributed by atoms with E-state index < -0.39 is 6.61 Å². The Balaban J connectivity index is 3.16. The van der Waals surface area contributed by atoms with E-state index in [9.17, 15) is 4.79 Å². The van der Waals surface area contributed by atoms with Crippen LogP contribution in [-0.4, -0.2) is 17.5 Å². The van der Waals surface area contributed by atoms with E-state index in [0.29, 0.717) is 5.57 Å². The van der Waals surface area contributed by atoms with Crippen molar-refractivity contribution < 1.29 is 9.90 Å². The van der Waals surface area contributed by atoms with Crippen LogP contribution in [0.1, 0.15) is 19.4 Å². The second-order valence-corrected chi connectivity index (χ2v) is 3.32. The van der Waals surface area contributed by atoms with Crippen molar-refractivity contribution in [3.05, 3.63) is 41.5 Å². The number of hydrogen-bond donors (Lipinski definition) is 1. The molecule has 0 radical (unpaired) electrons. The van der Waals surface area contributed by atoms with Crippen LogP contribution in [0.2, 0.25) is 0 Å². The van der Waals surface area contributed by atoms with E-state index in [-0.39, 0.29) is 5.78 Å². The molecule has 74 valence electrons. The number of Topliss-reactive ketones (excluding diaryl/α,β-unsaturated/α-hetero) is 1. The van der Waals surface area contributed by atoms with Crippen LogP contribution in [0.5, 0.6) is 0 Å². The molecule has 0 aliphatic carbocycles. The van der Waals surface area contributed by atoms with E-state index in [4.69, 9.17) is 5.11 Å². The number of ketones is 1. The van der Waals surface area contributed by atoms with Crippen LogP contribution in [0.15, 0.2) is 35.9 Å². The first-order valence-electron chi connectivity index (χ1n) is 4.53. The van der Waals surface area contributed by atoms with Crippen LogP contribution in [0, 0.1) is 0 Å². The zero-order valence-electron chi connectivity index (χ0n) is 8.45. The molecule has 0 saturated heterocycles. The van der Waals surface area contributed by atoms with Gasteiger partial charge in [-0.25, -0.2) is 0 Å². The van der Waals surface area contributed by atoms with Crippen LogP contribution in [-0.2, 0) is 4.79 Å². The molecule has 0 fully saturated rings. The molecule has 14 heavy (non-hydrogen) atoms. The Morgan fingerprint density at radius 1 is 1.21 bits per heavy atom. The molecule has 1 aromatic rings. The minimum atomic E-state index is -0.435. The Morgan fingerprint density at radius 2 is 1.79 bits per heavy atom. The number of rotatable bonds is 3. The predicted molar refractivity (Wildman–Crippen MR) is 56.8 cm³/mol. The third-order valence-corrected chi connectivity index (χ3v) is 1.98. The second-order valence-electron chi connectivity index (χ2n) is 3.32. The van der Waals surface area contributed by atoms with Gasteiger partial charge < -0.3 is 5.11 Å². The van der Waals surface area contributed by atoms with Gasteiger partial charge in [-0.3, -0.25) is 4.79 Å². The molecule has 0 unspecified atom stereocenters. The van der Waals surface area contributed by atoms with E-state index in [1.54, 1.807) is 0 Å². The SMILES string of the molecule is CC(C)=C(C(=O)CO)c1ccccc1. The van der Waals surface area contributed by atoms with Gasteiger partial charge in [-0.05, 0) is 19.4 Å². The van der Waals surface area contributed by atoms with Gasteiger partial charge in [-0.1, -0.05) is 35.9 Å². The third kappa shape index (κ3) is 2.30. The van der Waals surface area contributed by atoms with Gasteiger partial charge in [0.25, 0.3) is 0 Å². The lowest BCUT2D eigenvalue weighted by atomic mass is 9.98. The highest BCUT2D eigenvalue weighted by atomic mass is 16.3. The third-order valence-electron chi connectivity index (χ3n) is 1.98. The van der Waals surface area contributed by atoms with Gasteiger partial charge in [0.2, 0.25) is 0 Å². The minimum absolute atomic E-state index is 0.226. The van der Waals surface area contributed by atoms with Gasteiger partial charge in [0.15, 0.2) is 5.78 Å². The van der Waals surface area contributed by atoms with E-state index in [0.717, 1.165) is 11.1 Å².